The molecule has 1 saturated carbocycles. The van der Waals surface area contributed by atoms with Gasteiger partial charge < -0.3 is 15.8 Å². The van der Waals surface area contributed by atoms with Crippen LogP contribution in [0.1, 0.15) is 32.1 Å². The van der Waals surface area contributed by atoms with E-state index in [-0.39, 0.29) is 11.9 Å². The summed E-state index contributed by atoms with van der Waals surface area (Å²) in [6.07, 6.45) is 5.62. The Morgan fingerprint density at radius 1 is 1.31 bits per heavy atom. The number of amides is 1. The first-order valence-electron chi connectivity index (χ1n) is 6.38. The van der Waals surface area contributed by atoms with Gasteiger partial charge in [0.25, 0.3) is 0 Å². The number of ether oxygens (including phenoxy) is 1. The molecule has 1 heterocycles. The summed E-state index contributed by atoms with van der Waals surface area (Å²) in [4.78, 5) is 11.8. The number of nitrogens with one attached hydrogen (secondary N) is 1. The molecule has 16 heavy (non-hydrogen) atoms. The Morgan fingerprint density at radius 2 is 2.00 bits per heavy atom. The Morgan fingerprint density at radius 3 is 2.62 bits per heavy atom. The highest BCUT2D eigenvalue weighted by Gasteiger charge is 2.27. The minimum atomic E-state index is -0.344. The summed E-state index contributed by atoms with van der Waals surface area (Å²) in [5.74, 6) is 1.18. The van der Waals surface area contributed by atoms with Gasteiger partial charge in [0.15, 0.2) is 0 Å². The molecule has 1 unspecified atom stereocenters. The van der Waals surface area contributed by atoms with E-state index in [2.05, 4.69) is 5.32 Å². The number of hydrogen-bond donors (Lipinski definition) is 2. The summed E-state index contributed by atoms with van der Waals surface area (Å²) >= 11 is 0. The topological polar surface area (TPSA) is 64.4 Å². The molecule has 2 aliphatic rings. The van der Waals surface area contributed by atoms with E-state index in [4.69, 9.17) is 10.5 Å². The molecule has 0 radical (unpaired) electrons. The van der Waals surface area contributed by atoms with Gasteiger partial charge in [-0.2, -0.15) is 0 Å². The molecule has 1 aliphatic carbocycles. The van der Waals surface area contributed by atoms with E-state index >= 15 is 0 Å². The first kappa shape index (κ1) is 11.9. The normalized spacial score (nSPS) is 24.1. The van der Waals surface area contributed by atoms with Crippen molar-refractivity contribution in [1.82, 2.24) is 5.32 Å². The Hall–Kier alpha value is -0.610. The molecule has 92 valence electrons. The third-order valence-corrected chi connectivity index (χ3v) is 3.63. The van der Waals surface area contributed by atoms with Gasteiger partial charge in [0.1, 0.15) is 0 Å². The maximum absolute atomic E-state index is 11.8. The highest BCUT2D eigenvalue weighted by atomic mass is 16.5. The molecule has 0 aromatic rings. The Bertz CT molecular complexity index is 235. The van der Waals surface area contributed by atoms with Crippen LogP contribution in [-0.4, -0.2) is 31.7 Å². The van der Waals surface area contributed by atoms with E-state index in [9.17, 15) is 4.79 Å². The lowest BCUT2D eigenvalue weighted by Crippen LogP contribution is -2.47. The maximum Gasteiger partial charge on any atom is 0.237 e. The fourth-order valence-electron chi connectivity index (χ4n) is 2.21. The lowest BCUT2D eigenvalue weighted by molar-refractivity contribution is -0.124. The van der Waals surface area contributed by atoms with E-state index < -0.39 is 0 Å². The van der Waals surface area contributed by atoms with Crippen LogP contribution in [0, 0.1) is 11.8 Å². The van der Waals surface area contributed by atoms with Gasteiger partial charge in [-0.15, -0.1) is 0 Å². The van der Waals surface area contributed by atoms with Crippen molar-refractivity contribution >= 4 is 5.91 Å². The zero-order chi connectivity index (χ0) is 11.4. The Kier molecular flexibility index (Phi) is 4.18. The van der Waals surface area contributed by atoms with Gasteiger partial charge in [-0.3, -0.25) is 4.79 Å². The zero-order valence-electron chi connectivity index (χ0n) is 9.78. The van der Waals surface area contributed by atoms with Crippen LogP contribution in [0.2, 0.25) is 0 Å². The number of hydrogen-bond acceptors (Lipinski definition) is 3. The molecule has 1 amide bonds. The molecular formula is C12H22N2O2. The molecule has 0 spiro atoms. The average molecular weight is 226 g/mol. The van der Waals surface area contributed by atoms with E-state index in [0.29, 0.717) is 5.92 Å². The van der Waals surface area contributed by atoms with Crippen molar-refractivity contribution in [3.8, 4) is 0 Å². The van der Waals surface area contributed by atoms with E-state index in [1.54, 1.807) is 0 Å². The summed E-state index contributed by atoms with van der Waals surface area (Å²) in [7, 11) is 0. The molecule has 4 heteroatoms. The predicted molar refractivity (Wildman–Crippen MR) is 61.9 cm³/mol. The first-order chi connectivity index (χ1) is 7.77. The lowest BCUT2D eigenvalue weighted by atomic mass is 9.92. The van der Waals surface area contributed by atoms with Crippen LogP contribution in [0.5, 0.6) is 0 Å². The van der Waals surface area contributed by atoms with Crippen molar-refractivity contribution < 1.29 is 9.53 Å². The molecule has 3 N–H and O–H groups in total. The van der Waals surface area contributed by atoms with Crippen molar-refractivity contribution in [1.29, 1.82) is 0 Å². The second kappa shape index (κ2) is 5.64. The number of rotatable bonds is 5. The fraction of sp³-hybridized carbons (Fsp3) is 0.917. The molecule has 0 aromatic heterocycles. The third kappa shape index (κ3) is 3.46. The molecule has 0 aromatic carbocycles. The van der Waals surface area contributed by atoms with Gasteiger partial charge >= 0.3 is 0 Å². The van der Waals surface area contributed by atoms with Gasteiger partial charge in [-0.25, -0.2) is 0 Å². The number of nitrogens with two attached hydrogens (primary N) is 1. The zero-order valence-corrected chi connectivity index (χ0v) is 9.78. The summed E-state index contributed by atoms with van der Waals surface area (Å²) in [6, 6.07) is -0.344. The fourth-order valence-corrected chi connectivity index (χ4v) is 2.21. The molecule has 0 bridgehead atoms. The monoisotopic (exact) mass is 226 g/mol. The smallest absolute Gasteiger partial charge is 0.237 e. The van der Waals surface area contributed by atoms with Gasteiger partial charge in [0.2, 0.25) is 5.91 Å². The second-order valence-corrected chi connectivity index (χ2v) is 5.00. The van der Waals surface area contributed by atoms with Crippen molar-refractivity contribution in [2.24, 2.45) is 17.6 Å². The lowest BCUT2D eigenvalue weighted by Gasteiger charge is -2.26. The van der Waals surface area contributed by atoms with Crippen LogP contribution in [0.3, 0.4) is 0 Å². The predicted octanol–water partition coefficient (Wildman–Crippen LogP) is 0.657. The summed E-state index contributed by atoms with van der Waals surface area (Å²) in [6.45, 7) is 2.28. The Balaban J connectivity index is 1.65. The maximum atomic E-state index is 11.8. The third-order valence-electron chi connectivity index (χ3n) is 3.63. The van der Waals surface area contributed by atoms with Crippen molar-refractivity contribution in [2.75, 3.05) is 19.8 Å². The van der Waals surface area contributed by atoms with E-state index in [1.807, 2.05) is 0 Å². The van der Waals surface area contributed by atoms with E-state index in [0.717, 1.165) is 44.9 Å². The van der Waals surface area contributed by atoms with Crippen molar-refractivity contribution in [2.45, 2.75) is 38.1 Å². The molecule has 2 fully saturated rings. The number of carbonyl (C=O) groups is 1. The van der Waals surface area contributed by atoms with Gasteiger partial charge in [-0.1, -0.05) is 12.8 Å². The number of carbonyl (C=O) groups excluding carboxylic acids is 1. The highest BCUT2D eigenvalue weighted by molar-refractivity contribution is 5.81. The average Bonchev–Trinajstić information content (AvgIpc) is 3.13. The van der Waals surface area contributed by atoms with Gasteiger partial charge in [-0.05, 0) is 31.1 Å². The largest absolute Gasteiger partial charge is 0.381 e. The van der Waals surface area contributed by atoms with Crippen LogP contribution in [0.15, 0.2) is 0 Å². The van der Waals surface area contributed by atoms with Crippen LogP contribution >= 0.6 is 0 Å². The highest BCUT2D eigenvalue weighted by Crippen LogP contribution is 2.31. The van der Waals surface area contributed by atoms with Crippen molar-refractivity contribution in [3.05, 3.63) is 0 Å². The Labute approximate surface area is 96.9 Å². The van der Waals surface area contributed by atoms with Crippen LogP contribution in [0.25, 0.3) is 0 Å². The van der Waals surface area contributed by atoms with E-state index in [1.165, 1.54) is 12.8 Å². The molecule has 1 aliphatic heterocycles. The van der Waals surface area contributed by atoms with Crippen LogP contribution in [-0.2, 0) is 9.53 Å². The summed E-state index contributed by atoms with van der Waals surface area (Å²) in [5.41, 5.74) is 5.96. The van der Waals surface area contributed by atoms with Gasteiger partial charge in [0.05, 0.1) is 6.04 Å². The van der Waals surface area contributed by atoms with Crippen LogP contribution < -0.4 is 11.1 Å². The quantitative estimate of drug-likeness (QED) is 0.723. The second-order valence-electron chi connectivity index (χ2n) is 5.00. The SMILES string of the molecule is NC(C(=O)NCCC1CC1)C1CCOCC1. The van der Waals surface area contributed by atoms with Crippen molar-refractivity contribution in [3.63, 3.8) is 0 Å². The van der Waals surface area contributed by atoms with Gasteiger partial charge in [0, 0.05) is 19.8 Å². The molecule has 4 nitrogen and oxygen atoms in total. The minimum Gasteiger partial charge on any atom is -0.381 e. The molecular weight excluding hydrogens is 204 g/mol. The molecule has 1 saturated heterocycles. The summed E-state index contributed by atoms with van der Waals surface area (Å²) in [5, 5.41) is 2.95. The minimum absolute atomic E-state index is 0.0209. The molecule has 1 atom stereocenters. The standard InChI is InChI=1S/C12H22N2O2/c13-11(10-4-7-16-8-5-10)12(15)14-6-3-9-1-2-9/h9-11H,1-8,13H2,(H,14,15). The van der Waals surface area contributed by atoms with Crippen LogP contribution in [0.4, 0.5) is 0 Å². The summed E-state index contributed by atoms with van der Waals surface area (Å²) < 4.78 is 5.26. The molecule has 2 rings (SSSR count). The first-order valence-corrected chi connectivity index (χ1v) is 6.38.